The van der Waals surface area contributed by atoms with Crippen LogP contribution in [-0.4, -0.2) is 0 Å². The summed E-state index contributed by atoms with van der Waals surface area (Å²) in [5, 5.41) is 11.0. The highest BCUT2D eigenvalue weighted by molar-refractivity contribution is 6.33. The number of halogens is 5. The number of benzene rings is 2. The van der Waals surface area contributed by atoms with Crippen molar-refractivity contribution in [2.45, 2.75) is 6.18 Å². The molecule has 0 heterocycles. The fraction of sp³-hybridized carbons (Fsp3) is 0.0714. The molecule has 0 radical (unpaired) electrons. The highest BCUT2D eigenvalue weighted by Gasteiger charge is 2.30. The molecule has 0 aliphatic carbocycles. The molecule has 2 aromatic rings. The Morgan fingerprint density at radius 1 is 1.05 bits per heavy atom. The summed E-state index contributed by atoms with van der Waals surface area (Å²) in [5.41, 5.74) is -0.612. The molecule has 108 valence electrons. The van der Waals surface area contributed by atoms with Crippen molar-refractivity contribution in [1.29, 1.82) is 5.26 Å². The van der Waals surface area contributed by atoms with Gasteiger partial charge in [0.05, 0.1) is 33.6 Å². The summed E-state index contributed by atoms with van der Waals surface area (Å²) < 4.78 is 51.2. The Bertz CT molecular complexity index is 720. The van der Waals surface area contributed by atoms with Crippen molar-refractivity contribution in [2.75, 3.05) is 5.32 Å². The first-order valence-electron chi connectivity index (χ1n) is 5.64. The summed E-state index contributed by atoms with van der Waals surface area (Å²) in [7, 11) is 0. The van der Waals surface area contributed by atoms with Crippen LogP contribution in [0.15, 0.2) is 36.4 Å². The van der Waals surface area contributed by atoms with Crippen LogP contribution in [0, 0.1) is 17.1 Å². The molecule has 2 aromatic carbocycles. The van der Waals surface area contributed by atoms with E-state index in [9.17, 15) is 17.6 Å². The van der Waals surface area contributed by atoms with Gasteiger partial charge in [0.15, 0.2) is 0 Å². The first-order valence-corrected chi connectivity index (χ1v) is 6.02. The summed E-state index contributed by atoms with van der Waals surface area (Å²) in [6.07, 6.45) is -4.50. The van der Waals surface area contributed by atoms with Crippen LogP contribution >= 0.6 is 11.6 Å². The molecule has 2 nitrogen and oxygen atoms in total. The van der Waals surface area contributed by atoms with Crippen LogP contribution in [-0.2, 0) is 6.18 Å². The summed E-state index contributed by atoms with van der Waals surface area (Å²) in [5.74, 6) is -0.704. The van der Waals surface area contributed by atoms with Gasteiger partial charge in [0, 0.05) is 0 Å². The third kappa shape index (κ3) is 3.44. The van der Waals surface area contributed by atoms with Gasteiger partial charge < -0.3 is 5.32 Å². The molecule has 0 aliphatic heterocycles. The fourth-order valence-corrected chi connectivity index (χ4v) is 1.85. The third-order valence-corrected chi connectivity index (χ3v) is 2.98. The Morgan fingerprint density at radius 3 is 2.24 bits per heavy atom. The highest BCUT2D eigenvalue weighted by Crippen LogP contribution is 2.35. The zero-order valence-electron chi connectivity index (χ0n) is 10.3. The minimum atomic E-state index is -4.50. The molecular formula is C14H7ClF4N2. The van der Waals surface area contributed by atoms with Gasteiger partial charge in [0.2, 0.25) is 0 Å². The summed E-state index contributed by atoms with van der Waals surface area (Å²) in [6.45, 7) is 0. The van der Waals surface area contributed by atoms with Gasteiger partial charge in [-0.1, -0.05) is 11.6 Å². The maximum atomic E-state index is 13.7. The number of alkyl halides is 3. The normalized spacial score (nSPS) is 11.0. The minimum Gasteiger partial charge on any atom is -0.352 e. The van der Waals surface area contributed by atoms with Crippen LogP contribution in [0.1, 0.15) is 11.1 Å². The Hall–Kier alpha value is -2.26. The Labute approximate surface area is 122 Å². The molecule has 0 aliphatic rings. The Balaban J connectivity index is 2.31. The molecule has 0 fully saturated rings. The van der Waals surface area contributed by atoms with Crippen molar-refractivity contribution < 1.29 is 17.6 Å². The highest BCUT2D eigenvalue weighted by atomic mass is 35.5. The molecular weight excluding hydrogens is 308 g/mol. The second kappa shape index (κ2) is 5.62. The smallest absolute Gasteiger partial charge is 0.352 e. The van der Waals surface area contributed by atoms with Crippen molar-refractivity contribution in [3.8, 4) is 6.07 Å². The number of nitrogens with one attached hydrogen (secondary N) is 1. The number of hydrogen-bond acceptors (Lipinski definition) is 2. The molecule has 0 saturated heterocycles. The van der Waals surface area contributed by atoms with E-state index in [-0.39, 0.29) is 22.0 Å². The van der Waals surface area contributed by atoms with E-state index in [1.165, 1.54) is 12.1 Å². The predicted octanol–water partition coefficient (Wildman–Crippen LogP) is 5.11. The predicted molar refractivity (Wildman–Crippen MR) is 70.9 cm³/mol. The number of rotatable bonds is 2. The number of anilines is 2. The lowest BCUT2D eigenvalue weighted by atomic mass is 10.1. The number of nitriles is 1. The van der Waals surface area contributed by atoms with Crippen molar-refractivity contribution in [2.24, 2.45) is 0 Å². The maximum Gasteiger partial charge on any atom is 0.416 e. The molecule has 0 bridgehead atoms. The summed E-state index contributed by atoms with van der Waals surface area (Å²) in [4.78, 5) is 0. The van der Waals surface area contributed by atoms with Gasteiger partial charge in [-0.25, -0.2) is 4.39 Å². The minimum absolute atomic E-state index is 0.00987. The molecule has 0 unspecified atom stereocenters. The van der Waals surface area contributed by atoms with E-state index in [4.69, 9.17) is 16.9 Å². The quantitative estimate of drug-likeness (QED) is 0.782. The molecule has 2 rings (SSSR count). The van der Waals surface area contributed by atoms with E-state index in [0.717, 1.165) is 24.3 Å². The van der Waals surface area contributed by atoms with Gasteiger partial charge in [-0.3, -0.25) is 0 Å². The average molecular weight is 315 g/mol. The van der Waals surface area contributed by atoms with Gasteiger partial charge in [-0.2, -0.15) is 18.4 Å². The fourth-order valence-electron chi connectivity index (χ4n) is 1.62. The molecule has 1 N–H and O–H groups in total. The van der Waals surface area contributed by atoms with Crippen LogP contribution in [0.5, 0.6) is 0 Å². The van der Waals surface area contributed by atoms with Crippen LogP contribution in [0.3, 0.4) is 0 Å². The molecule has 0 saturated carbocycles. The van der Waals surface area contributed by atoms with Crippen molar-refractivity contribution in [3.05, 3.63) is 58.4 Å². The second-order valence-electron chi connectivity index (χ2n) is 4.12. The Kier molecular flexibility index (Phi) is 4.05. The van der Waals surface area contributed by atoms with Crippen LogP contribution in [0.25, 0.3) is 0 Å². The molecule has 0 spiro atoms. The van der Waals surface area contributed by atoms with Gasteiger partial charge in [0.25, 0.3) is 0 Å². The molecule has 0 amide bonds. The third-order valence-electron chi connectivity index (χ3n) is 2.66. The standard InChI is InChI=1S/C14H7ClF4N2/c15-10-6-9(14(17,18)19)2-4-12(10)21-13-3-1-8(7-20)5-11(13)16/h1-6,21H. The molecule has 0 aromatic heterocycles. The lowest BCUT2D eigenvalue weighted by Crippen LogP contribution is -2.05. The lowest BCUT2D eigenvalue weighted by molar-refractivity contribution is -0.137. The second-order valence-corrected chi connectivity index (χ2v) is 4.53. The molecule has 0 atom stereocenters. The lowest BCUT2D eigenvalue weighted by Gasteiger charge is -2.12. The monoisotopic (exact) mass is 314 g/mol. The van der Waals surface area contributed by atoms with Crippen LogP contribution < -0.4 is 5.32 Å². The first kappa shape index (κ1) is 15.1. The van der Waals surface area contributed by atoms with Gasteiger partial charge in [-0.05, 0) is 36.4 Å². The van der Waals surface area contributed by atoms with Crippen molar-refractivity contribution in [1.82, 2.24) is 0 Å². The molecule has 7 heteroatoms. The topological polar surface area (TPSA) is 35.8 Å². The number of nitrogens with zero attached hydrogens (tertiary/aromatic N) is 1. The van der Waals surface area contributed by atoms with E-state index in [1.807, 2.05) is 0 Å². The zero-order chi connectivity index (χ0) is 15.6. The summed E-state index contributed by atoms with van der Waals surface area (Å²) >= 11 is 5.76. The summed E-state index contributed by atoms with van der Waals surface area (Å²) in [6, 6.07) is 8.19. The SMILES string of the molecule is N#Cc1ccc(Nc2ccc(C(F)(F)F)cc2Cl)c(F)c1. The van der Waals surface area contributed by atoms with E-state index in [2.05, 4.69) is 5.32 Å². The Morgan fingerprint density at radius 2 is 1.71 bits per heavy atom. The molecule has 21 heavy (non-hydrogen) atoms. The van der Waals surface area contributed by atoms with E-state index < -0.39 is 17.6 Å². The largest absolute Gasteiger partial charge is 0.416 e. The first-order chi connectivity index (χ1) is 9.81. The van der Waals surface area contributed by atoms with Gasteiger partial charge in [-0.15, -0.1) is 0 Å². The van der Waals surface area contributed by atoms with Crippen molar-refractivity contribution in [3.63, 3.8) is 0 Å². The van der Waals surface area contributed by atoms with E-state index in [1.54, 1.807) is 6.07 Å². The van der Waals surface area contributed by atoms with E-state index in [0.29, 0.717) is 0 Å². The van der Waals surface area contributed by atoms with Gasteiger partial charge >= 0.3 is 6.18 Å². The average Bonchev–Trinajstić information content (AvgIpc) is 2.41. The van der Waals surface area contributed by atoms with Crippen molar-refractivity contribution >= 4 is 23.0 Å². The van der Waals surface area contributed by atoms with Gasteiger partial charge in [0.1, 0.15) is 5.82 Å². The number of hydrogen-bond donors (Lipinski definition) is 1. The zero-order valence-corrected chi connectivity index (χ0v) is 11.1. The maximum absolute atomic E-state index is 13.7. The van der Waals surface area contributed by atoms with Crippen LogP contribution in [0.2, 0.25) is 5.02 Å². The van der Waals surface area contributed by atoms with Crippen LogP contribution in [0.4, 0.5) is 28.9 Å². The van der Waals surface area contributed by atoms with E-state index >= 15 is 0 Å².